The first-order chi connectivity index (χ1) is 11.5. The summed E-state index contributed by atoms with van der Waals surface area (Å²) in [6, 6.07) is 14.5. The first-order valence-electron chi connectivity index (χ1n) is 7.48. The monoisotopic (exact) mass is 323 g/mol. The summed E-state index contributed by atoms with van der Waals surface area (Å²) in [5.74, 6) is -0.181. The number of carbonyl (C=O) groups is 2. The molecule has 3 amide bonds. The Morgan fingerprint density at radius 2 is 1.75 bits per heavy atom. The SMILES string of the molecule is CC1=C(C(=O)Nc2ccccc2)[C@@H](c2ccc(O)cc2)NC(=O)N1. The predicted octanol–water partition coefficient (Wildman–Crippen LogP) is 2.66. The minimum Gasteiger partial charge on any atom is -0.508 e. The van der Waals surface area contributed by atoms with E-state index in [0.29, 0.717) is 22.5 Å². The maximum absolute atomic E-state index is 12.7. The van der Waals surface area contributed by atoms with Gasteiger partial charge in [0.05, 0.1) is 11.6 Å². The lowest BCUT2D eigenvalue weighted by Gasteiger charge is -2.28. The van der Waals surface area contributed by atoms with Gasteiger partial charge in [0.1, 0.15) is 5.75 Å². The molecular weight excluding hydrogens is 306 g/mol. The van der Waals surface area contributed by atoms with Crippen molar-refractivity contribution in [3.05, 3.63) is 71.4 Å². The molecule has 2 aromatic rings. The number of para-hydroxylation sites is 1. The zero-order valence-electron chi connectivity index (χ0n) is 13.0. The van der Waals surface area contributed by atoms with Crippen LogP contribution in [0.4, 0.5) is 10.5 Å². The molecule has 3 rings (SSSR count). The highest BCUT2D eigenvalue weighted by Crippen LogP contribution is 2.28. The topological polar surface area (TPSA) is 90.5 Å². The van der Waals surface area contributed by atoms with Gasteiger partial charge in [-0.3, -0.25) is 4.79 Å². The number of anilines is 1. The lowest BCUT2D eigenvalue weighted by molar-refractivity contribution is -0.113. The van der Waals surface area contributed by atoms with Gasteiger partial charge in [-0.25, -0.2) is 4.79 Å². The highest BCUT2D eigenvalue weighted by Gasteiger charge is 2.31. The molecule has 0 fully saturated rings. The van der Waals surface area contributed by atoms with Crippen LogP contribution in [-0.4, -0.2) is 17.0 Å². The number of hydrogen-bond donors (Lipinski definition) is 4. The summed E-state index contributed by atoms with van der Waals surface area (Å²) >= 11 is 0. The largest absolute Gasteiger partial charge is 0.508 e. The van der Waals surface area contributed by atoms with Crippen LogP contribution in [0.2, 0.25) is 0 Å². The number of rotatable bonds is 3. The molecule has 0 saturated heterocycles. The second kappa shape index (κ2) is 6.45. The Kier molecular flexibility index (Phi) is 4.20. The summed E-state index contributed by atoms with van der Waals surface area (Å²) < 4.78 is 0. The molecule has 0 saturated carbocycles. The zero-order chi connectivity index (χ0) is 17.1. The van der Waals surface area contributed by atoms with Crippen molar-refractivity contribution in [2.75, 3.05) is 5.32 Å². The van der Waals surface area contributed by atoms with Crippen molar-refractivity contribution in [3.63, 3.8) is 0 Å². The van der Waals surface area contributed by atoms with Crippen molar-refractivity contribution < 1.29 is 14.7 Å². The van der Waals surface area contributed by atoms with Crippen molar-refractivity contribution in [1.29, 1.82) is 0 Å². The van der Waals surface area contributed by atoms with E-state index in [9.17, 15) is 14.7 Å². The van der Waals surface area contributed by atoms with E-state index in [0.717, 1.165) is 0 Å². The molecule has 1 atom stereocenters. The van der Waals surface area contributed by atoms with Gasteiger partial charge in [0, 0.05) is 11.4 Å². The van der Waals surface area contributed by atoms with Gasteiger partial charge in [-0.1, -0.05) is 30.3 Å². The number of amides is 3. The van der Waals surface area contributed by atoms with Crippen LogP contribution in [0.3, 0.4) is 0 Å². The number of carbonyl (C=O) groups excluding carboxylic acids is 2. The van der Waals surface area contributed by atoms with E-state index in [1.54, 1.807) is 31.2 Å². The maximum Gasteiger partial charge on any atom is 0.319 e. The van der Waals surface area contributed by atoms with Crippen molar-refractivity contribution >= 4 is 17.6 Å². The van der Waals surface area contributed by atoms with Gasteiger partial charge in [0.2, 0.25) is 0 Å². The number of aromatic hydroxyl groups is 1. The predicted molar refractivity (Wildman–Crippen MR) is 90.3 cm³/mol. The van der Waals surface area contributed by atoms with Gasteiger partial charge >= 0.3 is 6.03 Å². The van der Waals surface area contributed by atoms with E-state index in [1.165, 1.54) is 12.1 Å². The third kappa shape index (κ3) is 3.22. The molecule has 1 heterocycles. The minimum atomic E-state index is -0.594. The highest BCUT2D eigenvalue weighted by molar-refractivity contribution is 6.06. The fraction of sp³-hybridized carbons (Fsp3) is 0.111. The molecule has 0 radical (unpaired) electrons. The van der Waals surface area contributed by atoms with Gasteiger partial charge in [-0.05, 0) is 36.8 Å². The van der Waals surface area contributed by atoms with Gasteiger partial charge in [0.15, 0.2) is 0 Å². The number of hydrogen-bond acceptors (Lipinski definition) is 3. The van der Waals surface area contributed by atoms with Crippen LogP contribution in [0.15, 0.2) is 65.9 Å². The number of urea groups is 1. The van der Waals surface area contributed by atoms with Gasteiger partial charge in [0.25, 0.3) is 5.91 Å². The Morgan fingerprint density at radius 3 is 2.42 bits per heavy atom. The first kappa shape index (κ1) is 15.6. The standard InChI is InChI=1S/C18H17N3O3/c1-11-15(17(23)20-13-5-3-2-4-6-13)16(21-18(24)19-11)12-7-9-14(22)10-8-12/h2-10,16,22H,1H3,(H,20,23)(H2,19,21,24)/t16-/m1/s1. The van der Waals surface area contributed by atoms with Crippen LogP contribution in [0.25, 0.3) is 0 Å². The third-order valence-electron chi connectivity index (χ3n) is 3.77. The van der Waals surface area contributed by atoms with Crippen LogP contribution < -0.4 is 16.0 Å². The molecule has 6 nitrogen and oxygen atoms in total. The third-order valence-corrected chi connectivity index (χ3v) is 3.77. The Hall–Kier alpha value is -3.28. The Balaban J connectivity index is 1.94. The molecular formula is C18H17N3O3. The van der Waals surface area contributed by atoms with Crippen molar-refractivity contribution in [1.82, 2.24) is 10.6 Å². The molecule has 0 aromatic heterocycles. The van der Waals surface area contributed by atoms with Crippen LogP contribution >= 0.6 is 0 Å². The number of allylic oxidation sites excluding steroid dienone is 1. The van der Waals surface area contributed by atoms with Crippen molar-refractivity contribution in [2.24, 2.45) is 0 Å². The van der Waals surface area contributed by atoms with E-state index in [-0.39, 0.29) is 17.7 Å². The highest BCUT2D eigenvalue weighted by atomic mass is 16.3. The van der Waals surface area contributed by atoms with Crippen molar-refractivity contribution in [2.45, 2.75) is 13.0 Å². The molecule has 24 heavy (non-hydrogen) atoms. The number of phenolic OH excluding ortho intramolecular Hbond substituents is 1. The van der Waals surface area contributed by atoms with E-state index >= 15 is 0 Å². The molecule has 0 unspecified atom stereocenters. The normalized spacial score (nSPS) is 17.0. The molecule has 4 N–H and O–H groups in total. The van der Waals surface area contributed by atoms with E-state index < -0.39 is 6.04 Å². The van der Waals surface area contributed by atoms with Crippen molar-refractivity contribution in [3.8, 4) is 5.75 Å². The maximum atomic E-state index is 12.7. The summed E-state index contributed by atoms with van der Waals surface area (Å²) in [5.41, 5.74) is 2.29. The molecule has 1 aliphatic heterocycles. The smallest absolute Gasteiger partial charge is 0.319 e. The summed E-state index contributed by atoms with van der Waals surface area (Å²) in [6.45, 7) is 1.69. The molecule has 122 valence electrons. The number of benzene rings is 2. The molecule has 0 aliphatic carbocycles. The number of nitrogens with one attached hydrogen (secondary N) is 3. The lowest BCUT2D eigenvalue weighted by Crippen LogP contribution is -2.45. The van der Waals surface area contributed by atoms with E-state index in [1.807, 2.05) is 18.2 Å². The van der Waals surface area contributed by atoms with Crippen LogP contribution in [0, 0.1) is 0 Å². The summed E-state index contributed by atoms with van der Waals surface area (Å²) in [4.78, 5) is 24.5. The second-order valence-electron chi connectivity index (χ2n) is 5.48. The average Bonchev–Trinajstić information content (AvgIpc) is 2.55. The first-order valence-corrected chi connectivity index (χ1v) is 7.48. The lowest BCUT2D eigenvalue weighted by atomic mass is 9.94. The molecule has 6 heteroatoms. The Labute approximate surface area is 139 Å². The van der Waals surface area contributed by atoms with Crippen LogP contribution in [-0.2, 0) is 4.79 Å². The van der Waals surface area contributed by atoms with Gasteiger partial charge in [-0.2, -0.15) is 0 Å². The molecule has 1 aliphatic rings. The summed E-state index contributed by atoms with van der Waals surface area (Å²) in [7, 11) is 0. The quantitative estimate of drug-likeness (QED) is 0.700. The van der Waals surface area contributed by atoms with Crippen LogP contribution in [0.1, 0.15) is 18.5 Å². The molecule has 2 aromatic carbocycles. The van der Waals surface area contributed by atoms with Crippen LogP contribution in [0.5, 0.6) is 5.75 Å². The molecule has 0 bridgehead atoms. The fourth-order valence-electron chi connectivity index (χ4n) is 2.63. The minimum absolute atomic E-state index is 0.120. The average molecular weight is 323 g/mol. The second-order valence-corrected chi connectivity index (χ2v) is 5.48. The Bertz CT molecular complexity index is 798. The van der Waals surface area contributed by atoms with E-state index in [2.05, 4.69) is 16.0 Å². The molecule has 0 spiro atoms. The van der Waals surface area contributed by atoms with E-state index in [4.69, 9.17) is 0 Å². The summed E-state index contributed by atoms with van der Waals surface area (Å²) in [5, 5.41) is 17.6. The number of phenols is 1. The Morgan fingerprint density at radius 1 is 1.08 bits per heavy atom. The van der Waals surface area contributed by atoms with Gasteiger partial charge < -0.3 is 21.1 Å². The zero-order valence-corrected chi connectivity index (χ0v) is 13.0. The van der Waals surface area contributed by atoms with Gasteiger partial charge in [-0.15, -0.1) is 0 Å². The summed E-state index contributed by atoms with van der Waals surface area (Å²) in [6.07, 6.45) is 0. The fourth-order valence-corrected chi connectivity index (χ4v) is 2.63.